The Hall–Kier alpha value is -2.87. The number of rotatable bonds is 6. The van der Waals surface area contributed by atoms with E-state index < -0.39 is 22.0 Å². The standard InChI is InChI=1S/C20H25N3O4S/c1-13-6-7-14(2)19(12-13)23(28(5,26)27)15(3)20(25)22-18-10-8-17(9-11-18)21-16(4)24/h6-12,15H,1-5H3,(H,21,24)(H,22,25)/t15-/m0/s1. The van der Waals surface area contributed by atoms with Gasteiger partial charge in [-0.15, -0.1) is 0 Å². The summed E-state index contributed by atoms with van der Waals surface area (Å²) in [6, 6.07) is 11.1. The monoisotopic (exact) mass is 403 g/mol. The maximum atomic E-state index is 12.7. The molecule has 8 heteroatoms. The van der Waals surface area contributed by atoms with Crippen LogP contribution in [0.2, 0.25) is 0 Å². The van der Waals surface area contributed by atoms with Crippen molar-refractivity contribution in [1.29, 1.82) is 0 Å². The molecule has 0 aliphatic heterocycles. The number of aryl methyl sites for hydroxylation is 2. The average molecular weight is 404 g/mol. The van der Waals surface area contributed by atoms with Crippen molar-refractivity contribution in [2.24, 2.45) is 0 Å². The van der Waals surface area contributed by atoms with E-state index in [1.54, 1.807) is 44.2 Å². The summed E-state index contributed by atoms with van der Waals surface area (Å²) in [7, 11) is -3.69. The Morgan fingerprint density at radius 3 is 2.00 bits per heavy atom. The number of carbonyl (C=O) groups excluding carboxylic acids is 2. The molecule has 0 aliphatic carbocycles. The van der Waals surface area contributed by atoms with Crippen molar-refractivity contribution in [3.63, 3.8) is 0 Å². The maximum Gasteiger partial charge on any atom is 0.247 e. The molecule has 0 heterocycles. The van der Waals surface area contributed by atoms with Gasteiger partial charge in [-0.2, -0.15) is 0 Å². The van der Waals surface area contributed by atoms with E-state index in [1.807, 2.05) is 19.1 Å². The molecule has 150 valence electrons. The Balaban J connectivity index is 2.27. The van der Waals surface area contributed by atoms with Gasteiger partial charge in [0.1, 0.15) is 6.04 Å². The summed E-state index contributed by atoms with van der Waals surface area (Å²) in [5, 5.41) is 5.36. The minimum atomic E-state index is -3.69. The van der Waals surface area contributed by atoms with Gasteiger partial charge < -0.3 is 10.6 Å². The fourth-order valence-electron chi connectivity index (χ4n) is 2.82. The zero-order chi connectivity index (χ0) is 21.1. The van der Waals surface area contributed by atoms with Gasteiger partial charge in [0.15, 0.2) is 0 Å². The van der Waals surface area contributed by atoms with E-state index in [1.165, 1.54) is 6.92 Å². The van der Waals surface area contributed by atoms with Gasteiger partial charge in [-0.3, -0.25) is 13.9 Å². The first-order chi connectivity index (χ1) is 13.0. The SMILES string of the molecule is CC(=O)Nc1ccc(NC(=O)[C@H](C)N(c2cc(C)ccc2C)S(C)(=O)=O)cc1. The van der Waals surface area contributed by atoms with Crippen LogP contribution in [0, 0.1) is 13.8 Å². The van der Waals surface area contributed by atoms with Gasteiger partial charge in [-0.1, -0.05) is 12.1 Å². The van der Waals surface area contributed by atoms with Crippen LogP contribution in [0.4, 0.5) is 17.1 Å². The zero-order valence-electron chi connectivity index (χ0n) is 16.6. The van der Waals surface area contributed by atoms with Crippen LogP contribution in [-0.4, -0.2) is 32.5 Å². The maximum absolute atomic E-state index is 12.7. The highest BCUT2D eigenvalue weighted by Gasteiger charge is 2.30. The van der Waals surface area contributed by atoms with Crippen LogP contribution < -0.4 is 14.9 Å². The van der Waals surface area contributed by atoms with Crippen LogP contribution >= 0.6 is 0 Å². The van der Waals surface area contributed by atoms with Gasteiger partial charge in [0, 0.05) is 18.3 Å². The third-order valence-corrected chi connectivity index (χ3v) is 5.39. The second kappa shape index (κ2) is 8.43. The van der Waals surface area contributed by atoms with E-state index in [9.17, 15) is 18.0 Å². The number of carbonyl (C=O) groups is 2. The Bertz CT molecular complexity index is 985. The Morgan fingerprint density at radius 1 is 0.964 bits per heavy atom. The second-order valence-electron chi connectivity index (χ2n) is 6.77. The van der Waals surface area contributed by atoms with Crippen LogP contribution in [0.25, 0.3) is 0 Å². The Kier molecular flexibility index (Phi) is 6.45. The van der Waals surface area contributed by atoms with E-state index in [0.717, 1.165) is 21.7 Å². The number of hydrogen-bond donors (Lipinski definition) is 2. The predicted molar refractivity (Wildman–Crippen MR) is 112 cm³/mol. The molecular weight excluding hydrogens is 378 g/mol. The summed E-state index contributed by atoms with van der Waals surface area (Å²) in [5.74, 6) is -0.652. The minimum absolute atomic E-state index is 0.192. The van der Waals surface area contributed by atoms with Crippen molar-refractivity contribution in [2.45, 2.75) is 33.7 Å². The third-order valence-electron chi connectivity index (χ3n) is 4.16. The predicted octanol–water partition coefficient (Wildman–Crippen LogP) is 3.06. The lowest BCUT2D eigenvalue weighted by atomic mass is 10.1. The van der Waals surface area contributed by atoms with Gasteiger partial charge in [0.2, 0.25) is 21.8 Å². The van der Waals surface area contributed by atoms with Crippen molar-refractivity contribution in [3.8, 4) is 0 Å². The number of benzene rings is 2. The fraction of sp³-hybridized carbons (Fsp3) is 0.300. The molecule has 7 nitrogen and oxygen atoms in total. The van der Waals surface area contributed by atoms with Gasteiger partial charge in [-0.25, -0.2) is 8.42 Å². The Morgan fingerprint density at radius 2 is 1.50 bits per heavy atom. The largest absolute Gasteiger partial charge is 0.326 e. The molecule has 0 spiro atoms. The summed E-state index contributed by atoms with van der Waals surface area (Å²) in [6.45, 7) is 6.62. The molecule has 0 bridgehead atoms. The number of hydrogen-bond acceptors (Lipinski definition) is 4. The fourth-order valence-corrected chi connectivity index (χ4v) is 4.05. The van der Waals surface area contributed by atoms with Crippen LogP contribution in [0.5, 0.6) is 0 Å². The number of sulfonamides is 1. The average Bonchev–Trinajstić information content (AvgIpc) is 2.58. The topological polar surface area (TPSA) is 95.6 Å². The third kappa shape index (κ3) is 5.32. The first-order valence-corrected chi connectivity index (χ1v) is 10.6. The van der Waals surface area contributed by atoms with E-state index in [4.69, 9.17) is 0 Å². The minimum Gasteiger partial charge on any atom is -0.326 e. The molecule has 2 aromatic carbocycles. The highest BCUT2D eigenvalue weighted by atomic mass is 32.2. The smallest absolute Gasteiger partial charge is 0.247 e. The summed E-state index contributed by atoms with van der Waals surface area (Å²) in [4.78, 5) is 23.8. The molecule has 28 heavy (non-hydrogen) atoms. The van der Waals surface area contributed by atoms with Crippen molar-refractivity contribution in [1.82, 2.24) is 0 Å². The molecule has 1 atom stereocenters. The van der Waals surface area contributed by atoms with Crippen LogP contribution in [0.1, 0.15) is 25.0 Å². The summed E-state index contributed by atoms with van der Waals surface area (Å²) in [5.41, 5.74) is 3.24. The molecule has 2 N–H and O–H groups in total. The molecule has 0 fully saturated rings. The van der Waals surface area contributed by atoms with Crippen LogP contribution in [0.3, 0.4) is 0 Å². The van der Waals surface area contributed by atoms with E-state index >= 15 is 0 Å². The molecule has 0 saturated heterocycles. The molecule has 0 unspecified atom stereocenters. The lowest BCUT2D eigenvalue weighted by Crippen LogP contribution is -2.45. The first kappa shape index (κ1) is 21.4. The summed E-state index contributed by atoms with van der Waals surface area (Å²) >= 11 is 0. The molecule has 0 aromatic heterocycles. The van der Waals surface area contributed by atoms with Gasteiger partial charge in [0.05, 0.1) is 11.9 Å². The second-order valence-corrected chi connectivity index (χ2v) is 8.63. The number of nitrogens with one attached hydrogen (secondary N) is 2. The molecule has 2 amide bonds. The van der Waals surface area contributed by atoms with Crippen LogP contribution in [-0.2, 0) is 19.6 Å². The molecule has 0 aliphatic rings. The summed E-state index contributed by atoms with van der Waals surface area (Å²) in [6.07, 6.45) is 1.08. The Labute approximate surface area is 165 Å². The molecule has 0 saturated carbocycles. The number of nitrogens with zero attached hydrogens (tertiary/aromatic N) is 1. The number of amides is 2. The van der Waals surface area contributed by atoms with Crippen molar-refractivity contribution < 1.29 is 18.0 Å². The number of anilines is 3. The van der Waals surface area contributed by atoms with Gasteiger partial charge >= 0.3 is 0 Å². The van der Waals surface area contributed by atoms with E-state index in [0.29, 0.717) is 17.1 Å². The molecular formula is C20H25N3O4S. The van der Waals surface area contributed by atoms with Crippen molar-refractivity contribution in [2.75, 3.05) is 21.2 Å². The normalized spacial score (nSPS) is 12.2. The summed E-state index contributed by atoms with van der Waals surface area (Å²) < 4.78 is 26.0. The lowest BCUT2D eigenvalue weighted by molar-refractivity contribution is -0.117. The van der Waals surface area contributed by atoms with Crippen molar-refractivity contribution in [3.05, 3.63) is 53.6 Å². The zero-order valence-corrected chi connectivity index (χ0v) is 17.4. The van der Waals surface area contributed by atoms with Crippen molar-refractivity contribution >= 4 is 38.9 Å². The van der Waals surface area contributed by atoms with E-state index in [-0.39, 0.29) is 5.91 Å². The quantitative estimate of drug-likeness (QED) is 0.775. The molecule has 2 aromatic rings. The lowest BCUT2D eigenvalue weighted by Gasteiger charge is -2.29. The highest BCUT2D eigenvalue weighted by Crippen LogP contribution is 2.27. The van der Waals surface area contributed by atoms with Gasteiger partial charge in [0.25, 0.3) is 0 Å². The molecule has 0 radical (unpaired) electrons. The first-order valence-electron chi connectivity index (χ1n) is 8.74. The van der Waals surface area contributed by atoms with E-state index in [2.05, 4.69) is 10.6 Å². The highest BCUT2D eigenvalue weighted by molar-refractivity contribution is 7.92. The van der Waals surface area contributed by atoms with Crippen LogP contribution in [0.15, 0.2) is 42.5 Å². The van der Waals surface area contributed by atoms with Gasteiger partial charge in [-0.05, 0) is 62.2 Å². The molecule has 2 rings (SSSR count).